The topological polar surface area (TPSA) is 9.23 Å². The van der Waals surface area contributed by atoms with Gasteiger partial charge in [0.2, 0.25) is 0 Å². The van der Waals surface area contributed by atoms with Gasteiger partial charge in [-0.3, -0.25) is 0 Å². The minimum Gasteiger partial charge on any atom is -0.497 e. The molecule has 1 rings (SSSR count). The molecule has 0 aliphatic carbocycles. The minimum absolute atomic E-state index is 0.297. The molecule has 4 heteroatoms. The van der Waals surface area contributed by atoms with Crippen LogP contribution >= 0.6 is 11.6 Å². The summed E-state index contributed by atoms with van der Waals surface area (Å²) >= 11 is 4.83. The van der Waals surface area contributed by atoms with Crippen molar-refractivity contribution in [1.82, 2.24) is 0 Å². The largest absolute Gasteiger partial charge is 0.497 e. The molecule has 0 amide bonds. The Hall–Kier alpha value is -1.09. The van der Waals surface area contributed by atoms with Crippen molar-refractivity contribution in [3.8, 4) is 5.75 Å². The third-order valence-electron chi connectivity index (χ3n) is 1.78. The SMILES string of the molecule is C=C(c1ccc(OC)cc1)C(F)(F)Cl. The van der Waals surface area contributed by atoms with Crippen molar-refractivity contribution in [2.45, 2.75) is 5.38 Å². The van der Waals surface area contributed by atoms with Crippen LogP contribution in [0.25, 0.3) is 5.57 Å². The van der Waals surface area contributed by atoms with E-state index in [4.69, 9.17) is 16.3 Å². The first kappa shape index (κ1) is 11.0. The van der Waals surface area contributed by atoms with Crippen LogP contribution in [0.3, 0.4) is 0 Å². The van der Waals surface area contributed by atoms with Crippen LogP contribution in [-0.4, -0.2) is 12.5 Å². The zero-order valence-electron chi connectivity index (χ0n) is 7.56. The van der Waals surface area contributed by atoms with Crippen LogP contribution in [0, 0.1) is 0 Å². The normalized spacial score (nSPS) is 11.1. The Morgan fingerprint density at radius 2 is 1.86 bits per heavy atom. The summed E-state index contributed by atoms with van der Waals surface area (Å²) in [6.07, 6.45) is 0. The first-order valence-electron chi connectivity index (χ1n) is 3.85. The number of rotatable bonds is 3. The van der Waals surface area contributed by atoms with Crippen LogP contribution in [0.15, 0.2) is 30.8 Å². The molecule has 0 fully saturated rings. The number of halogens is 3. The number of hydrogen-bond donors (Lipinski definition) is 0. The van der Waals surface area contributed by atoms with Gasteiger partial charge in [0.15, 0.2) is 0 Å². The quantitative estimate of drug-likeness (QED) is 0.705. The molecule has 0 radical (unpaired) electrons. The predicted molar refractivity (Wildman–Crippen MR) is 52.8 cm³/mol. The van der Waals surface area contributed by atoms with Crippen molar-refractivity contribution in [1.29, 1.82) is 0 Å². The molecule has 0 atom stereocenters. The van der Waals surface area contributed by atoms with Gasteiger partial charge in [0, 0.05) is 5.57 Å². The zero-order valence-corrected chi connectivity index (χ0v) is 8.31. The second kappa shape index (κ2) is 3.96. The highest BCUT2D eigenvalue weighted by atomic mass is 35.5. The van der Waals surface area contributed by atoms with Crippen LogP contribution in [0.1, 0.15) is 5.56 Å². The van der Waals surface area contributed by atoms with E-state index < -0.39 is 11.0 Å². The minimum atomic E-state index is -3.41. The lowest BCUT2D eigenvalue weighted by Gasteiger charge is -2.11. The van der Waals surface area contributed by atoms with Gasteiger partial charge in [-0.05, 0) is 29.3 Å². The summed E-state index contributed by atoms with van der Waals surface area (Å²) in [5, 5.41) is -3.41. The number of ether oxygens (including phenoxy) is 1. The fourth-order valence-electron chi connectivity index (χ4n) is 0.956. The standard InChI is InChI=1S/C10H9ClF2O/c1-7(10(11,12)13)8-3-5-9(14-2)6-4-8/h3-6H,1H2,2H3. The third-order valence-corrected chi connectivity index (χ3v) is 2.01. The number of alkyl halides is 3. The van der Waals surface area contributed by atoms with Gasteiger partial charge in [0.1, 0.15) is 5.75 Å². The molecule has 0 bridgehead atoms. The van der Waals surface area contributed by atoms with Crippen molar-refractivity contribution < 1.29 is 13.5 Å². The zero-order chi connectivity index (χ0) is 10.8. The molecule has 0 spiro atoms. The molecule has 0 aromatic heterocycles. The van der Waals surface area contributed by atoms with E-state index in [0.717, 1.165) is 0 Å². The molecule has 0 aliphatic rings. The van der Waals surface area contributed by atoms with Crippen LogP contribution < -0.4 is 4.74 Å². The Bertz CT molecular complexity index is 327. The van der Waals surface area contributed by atoms with Gasteiger partial charge in [-0.1, -0.05) is 18.7 Å². The summed E-state index contributed by atoms with van der Waals surface area (Å²) < 4.78 is 30.1. The average molecular weight is 219 g/mol. The molecule has 0 unspecified atom stereocenters. The molecule has 1 nitrogen and oxygen atoms in total. The Labute approximate surface area is 85.9 Å². The monoisotopic (exact) mass is 218 g/mol. The lowest BCUT2D eigenvalue weighted by atomic mass is 10.1. The maximum absolute atomic E-state index is 12.6. The van der Waals surface area contributed by atoms with Crippen molar-refractivity contribution in [2.75, 3.05) is 7.11 Å². The molecule has 0 saturated carbocycles. The Morgan fingerprint density at radius 1 is 1.36 bits per heavy atom. The summed E-state index contributed by atoms with van der Waals surface area (Å²) in [7, 11) is 1.50. The molecule has 0 N–H and O–H groups in total. The van der Waals surface area contributed by atoms with Crippen LogP contribution in [0.2, 0.25) is 0 Å². The molecule has 0 saturated heterocycles. The van der Waals surface area contributed by atoms with Crippen LogP contribution in [-0.2, 0) is 0 Å². The highest BCUT2D eigenvalue weighted by Crippen LogP contribution is 2.34. The van der Waals surface area contributed by atoms with Gasteiger partial charge >= 0.3 is 5.38 Å². The van der Waals surface area contributed by atoms with E-state index in [9.17, 15) is 8.78 Å². The number of methoxy groups -OCH3 is 1. The van der Waals surface area contributed by atoms with Crippen LogP contribution in [0.5, 0.6) is 5.75 Å². The van der Waals surface area contributed by atoms with Gasteiger partial charge in [-0.2, -0.15) is 8.78 Å². The fraction of sp³-hybridized carbons (Fsp3) is 0.200. The van der Waals surface area contributed by atoms with Crippen LogP contribution in [0.4, 0.5) is 8.78 Å². The van der Waals surface area contributed by atoms with Crippen molar-refractivity contribution in [3.63, 3.8) is 0 Å². The summed E-state index contributed by atoms with van der Waals surface area (Å²) in [6.45, 7) is 3.23. The second-order valence-electron chi connectivity index (χ2n) is 2.70. The lowest BCUT2D eigenvalue weighted by molar-refractivity contribution is 0.165. The highest BCUT2D eigenvalue weighted by Gasteiger charge is 2.29. The Balaban J connectivity index is 2.93. The first-order chi connectivity index (χ1) is 6.45. The molecule has 76 valence electrons. The molecule has 0 aliphatic heterocycles. The van der Waals surface area contributed by atoms with Crippen molar-refractivity contribution >= 4 is 17.2 Å². The van der Waals surface area contributed by atoms with Gasteiger partial charge in [-0.15, -0.1) is 0 Å². The molecule has 14 heavy (non-hydrogen) atoms. The van der Waals surface area contributed by atoms with E-state index in [0.29, 0.717) is 11.3 Å². The van der Waals surface area contributed by atoms with E-state index in [-0.39, 0.29) is 0 Å². The van der Waals surface area contributed by atoms with Gasteiger partial charge in [0.25, 0.3) is 0 Å². The molecular weight excluding hydrogens is 210 g/mol. The summed E-state index contributed by atoms with van der Waals surface area (Å²) in [6, 6.07) is 6.11. The Kier molecular flexibility index (Phi) is 3.11. The fourth-order valence-corrected chi connectivity index (χ4v) is 1.06. The van der Waals surface area contributed by atoms with Crippen molar-refractivity contribution in [3.05, 3.63) is 36.4 Å². The molecule has 1 aromatic carbocycles. The summed E-state index contributed by atoms with van der Waals surface area (Å²) in [5.74, 6) is 0.597. The maximum atomic E-state index is 12.6. The summed E-state index contributed by atoms with van der Waals surface area (Å²) in [5.41, 5.74) is -0.118. The Morgan fingerprint density at radius 3 is 2.21 bits per heavy atom. The van der Waals surface area contributed by atoms with E-state index in [1.807, 2.05) is 0 Å². The number of hydrogen-bond acceptors (Lipinski definition) is 1. The number of benzene rings is 1. The molecular formula is C10H9ClF2O. The highest BCUT2D eigenvalue weighted by molar-refractivity contribution is 6.27. The average Bonchev–Trinajstić information content (AvgIpc) is 2.15. The van der Waals surface area contributed by atoms with E-state index in [1.54, 1.807) is 12.1 Å². The molecule has 0 heterocycles. The second-order valence-corrected chi connectivity index (χ2v) is 3.18. The van der Waals surface area contributed by atoms with Gasteiger partial charge < -0.3 is 4.74 Å². The van der Waals surface area contributed by atoms with E-state index in [2.05, 4.69) is 6.58 Å². The predicted octanol–water partition coefficient (Wildman–Crippen LogP) is 3.54. The number of allylic oxidation sites excluding steroid dienone is 1. The first-order valence-corrected chi connectivity index (χ1v) is 4.23. The van der Waals surface area contributed by atoms with E-state index >= 15 is 0 Å². The van der Waals surface area contributed by atoms with E-state index in [1.165, 1.54) is 19.2 Å². The van der Waals surface area contributed by atoms with Crippen molar-refractivity contribution in [2.24, 2.45) is 0 Å². The smallest absolute Gasteiger partial charge is 0.348 e. The van der Waals surface area contributed by atoms with Gasteiger partial charge in [0.05, 0.1) is 7.11 Å². The maximum Gasteiger partial charge on any atom is 0.348 e. The van der Waals surface area contributed by atoms with Gasteiger partial charge in [-0.25, -0.2) is 0 Å². The summed E-state index contributed by atoms with van der Waals surface area (Å²) in [4.78, 5) is 0. The third kappa shape index (κ3) is 2.45. The molecule has 1 aromatic rings. The lowest BCUT2D eigenvalue weighted by Crippen LogP contribution is -2.07.